The average Bonchev–Trinajstić information content (AvgIpc) is 2.69. The van der Waals surface area contributed by atoms with Crippen LogP contribution in [0.2, 0.25) is 0 Å². The highest BCUT2D eigenvalue weighted by atomic mass is 32.2. The quantitative estimate of drug-likeness (QED) is 0.872. The van der Waals surface area contributed by atoms with Crippen LogP contribution in [0.15, 0.2) is 15.4 Å². The Morgan fingerprint density at radius 2 is 2.00 bits per heavy atom. The molecular weight excluding hydrogens is 299 g/mol. The van der Waals surface area contributed by atoms with Crippen molar-refractivity contribution in [2.24, 2.45) is 0 Å². The summed E-state index contributed by atoms with van der Waals surface area (Å²) < 4.78 is 67.2. The smallest absolute Gasteiger partial charge is 0.402 e. The van der Waals surface area contributed by atoms with E-state index in [-0.39, 0.29) is 29.4 Å². The van der Waals surface area contributed by atoms with Crippen LogP contribution < -0.4 is 0 Å². The van der Waals surface area contributed by atoms with Gasteiger partial charge in [0.25, 0.3) is 0 Å². The third-order valence-corrected chi connectivity index (χ3v) is 4.48. The van der Waals surface area contributed by atoms with E-state index in [1.807, 2.05) is 0 Å². The molecule has 0 atom stereocenters. The summed E-state index contributed by atoms with van der Waals surface area (Å²) in [5, 5.41) is 8.89. The van der Waals surface area contributed by atoms with Crippen molar-refractivity contribution in [3.05, 3.63) is 17.6 Å². The van der Waals surface area contributed by atoms with Gasteiger partial charge in [-0.3, -0.25) is 0 Å². The van der Waals surface area contributed by atoms with Crippen molar-refractivity contribution in [3.63, 3.8) is 0 Å². The van der Waals surface area contributed by atoms with Gasteiger partial charge in [0.1, 0.15) is 29.6 Å². The Balaban J connectivity index is 3.18. The predicted octanol–water partition coefficient (Wildman–Crippen LogP) is 2.04. The number of aryl methyl sites for hydroxylation is 1. The van der Waals surface area contributed by atoms with E-state index in [1.165, 1.54) is 6.92 Å². The van der Waals surface area contributed by atoms with E-state index in [2.05, 4.69) is 0 Å². The van der Waals surface area contributed by atoms with Gasteiger partial charge in [-0.25, -0.2) is 8.42 Å². The van der Waals surface area contributed by atoms with Gasteiger partial charge >= 0.3 is 6.18 Å². The third kappa shape index (κ3) is 3.97. The first kappa shape index (κ1) is 17.0. The zero-order valence-corrected chi connectivity index (χ0v) is 11.9. The first-order valence-corrected chi connectivity index (χ1v) is 7.33. The molecule has 0 aliphatic heterocycles. The average molecular weight is 315 g/mol. The minimum atomic E-state index is -4.63. The molecule has 20 heavy (non-hydrogen) atoms. The van der Waals surface area contributed by atoms with Crippen LogP contribution in [0, 0.1) is 6.92 Å². The topological polar surface area (TPSA) is 70.8 Å². The number of halogens is 3. The summed E-state index contributed by atoms with van der Waals surface area (Å²) in [6.07, 6.45) is -4.38. The Hall–Kier alpha value is -1.06. The summed E-state index contributed by atoms with van der Waals surface area (Å²) in [6.45, 7) is 0.580. The second-order valence-electron chi connectivity index (χ2n) is 4.25. The summed E-state index contributed by atoms with van der Waals surface area (Å²) in [5.41, 5.74) is 0. The molecule has 0 saturated heterocycles. The second kappa shape index (κ2) is 6.15. The lowest BCUT2D eigenvalue weighted by molar-refractivity contribution is -0.136. The van der Waals surface area contributed by atoms with Crippen LogP contribution in [0.4, 0.5) is 13.2 Å². The van der Waals surface area contributed by atoms with E-state index in [0.29, 0.717) is 4.31 Å². The minimum absolute atomic E-state index is 0.00969. The first-order valence-electron chi connectivity index (χ1n) is 5.89. The Morgan fingerprint density at radius 3 is 2.40 bits per heavy atom. The van der Waals surface area contributed by atoms with Gasteiger partial charge in [-0.2, -0.15) is 17.5 Å². The number of hydrogen-bond acceptors (Lipinski definition) is 4. The van der Waals surface area contributed by atoms with Gasteiger partial charge in [0.15, 0.2) is 0 Å². The molecule has 1 N–H and O–H groups in total. The maximum absolute atomic E-state index is 12.5. The lowest BCUT2D eigenvalue weighted by Crippen LogP contribution is -2.39. The highest BCUT2D eigenvalue weighted by Gasteiger charge is 2.38. The van der Waals surface area contributed by atoms with E-state index in [0.717, 1.165) is 6.07 Å². The molecule has 1 rings (SSSR count). The molecule has 0 aliphatic carbocycles. The van der Waals surface area contributed by atoms with Crippen molar-refractivity contribution >= 4 is 10.0 Å². The van der Waals surface area contributed by atoms with E-state index in [4.69, 9.17) is 9.52 Å². The molecule has 0 unspecified atom stereocenters. The maximum Gasteiger partial charge on any atom is 0.402 e. The van der Waals surface area contributed by atoms with E-state index in [9.17, 15) is 21.6 Å². The van der Waals surface area contributed by atoms with Crippen LogP contribution in [0.1, 0.15) is 24.9 Å². The molecule has 0 aromatic carbocycles. The lowest BCUT2D eigenvalue weighted by atomic mass is 10.4. The number of sulfonamides is 1. The summed E-state index contributed by atoms with van der Waals surface area (Å²) in [6, 6.07) is 1.05. The van der Waals surface area contributed by atoms with E-state index >= 15 is 0 Å². The SMILES string of the molecule is CCCN(CC(F)(F)F)S(=O)(=O)c1cc(CO)oc1C. The highest BCUT2D eigenvalue weighted by Crippen LogP contribution is 2.27. The summed E-state index contributed by atoms with van der Waals surface area (Å²) in [7, 11) is -4.31. The molecule has 1 aromatic rings. The second-order valence-corrected chi connectivity index (χ2v) is 6.15. The Kier molecular flexibility index (Phi) is 5.22. The fourth-order valence-corrected chi connectivity index (χ4v) is 3.43. The first-order chi connectivity index (χ1) is 9.11. The Morgan fingerprint density at radius 1 is 1.40 bits per heavy atom. The predicted molar refractivity (Wildman–Crippen MR) is 64.5 cm³/mol. The van der Waals surface area contributed by atoms with Crippen LogP contribution in [0.3, 0.4) is 0 Å². The largest absolute Gasteiger partial charge is 0.462 e. The van der Waals surface area contributed by atoms with Gasteiger partial charge in [-0.05, 0) is 13.3 Å². The van der Waals surface area contributed by atoms with Crippen LogP contribution in [-0.2, 0) is 16.6 Å². The molecule has 1 aromatic heterocycles. The molecule has 5 nitrogen and oxygen atoms in total. The highest BCUT2D eigenvalue weighted by molar-refractivity contribution is 7.89. The molecule has 0 amide bonds. The van der Waals surface area contributed by atoms with Gasteiger partial charge in [-0.15, -0.1) is 0 Å². The summed E-state index contributed by atoms with van der Waals surface area (Å²) in [5.74, 6) is -0.0538. The number of rotatable bonds is 6. The molecule has 0 aliphatic rings. The van der Waals surface area contributed by atoms with Crippen molar-refractivity contribution in [2.75, 3.05) is 13.1 Å². The van der Waals surface area contributed by atoms with Crippen LogP contribution >= 0.6 is 0 Å². The Labute approximate surface area is 115 Å². The van der Waals surface area contributed by atoms with Crippen molar-refractivity contribution < 1.29 is 31.1 Å². The number of nitrogens with zero attached hydrogens (tertiary/aromatic N) is 1. The molecular formula is C11H16F3NO4S. The molecule has 0 saturated carbocycles. The van der Waals surface area contributed by atoms with Crippen molar-refractivity contribution in [2.45, 2.75) is 37.9 Å². The summed E-state index contributed by atoms with van der Waals surface area (Å²) >= 11 is 0. The summed E-state index contributed by atoms with van der Waals surface area (Å²) in [4.78, 5) is -0.348. The molecule has 0 bridgehead atoms. The Bertz CT molecular complexity index is 551. The van der Waals surface area contributed by atoms with Crippen LogP contribution in [0.25, 0.3) is 0 Å². The fourth-order valence-electron chi connectivity index (χ4n) is 1.73. The standard InChI is InChI=1S/C11H16F3NO4S/c1-3-4-15(7-11(12,13)14)20(17,18)10-5-9(6-16)19-8(10)2/h5,16H,3-4,6-7H2,1-2H3. The van der Waals surface area contributed by atoms with Crippen molar-refractivity contribution in [1.82, 2.24) is 4.31 Å². The normalized spacial score (nSPS) is 13.2. The third-order valence-electron chi connectivity index (χ3n) is 2.53. The van der Waals surface area contributed by atoms with Crippen LogP contribution in [0.5, 0.6) is 0 Å². The van der Waals surface area contributed by atoms with Gasteiger partial charge in [0.05, 0.1) is 0 Å². The van der Waals surface area contributed by atoms with Crippen molar-refractivity contribution in [3.8, 4) is 0 Å². The number of aliphatic hydroxyl groups is 1. The zero-order valence-electron chi connectivity index (χ0n) is 11.1. The van der Waals surface area contributed by atoms with Gasteiger partial charge in [0.2, 0.25) is 10.0 Å². The molecule has 0 radical (unpaired) electrons. The lowest BCUT2D eigenvalue weighted by Gasteiger charge is -2.22. The fraction of sp³-hybridized carbons (Fsp3) is 0.636. The monoisotopic (exact) mass is 315 g/mol. The van der Waals surface area contributed by atoms with Crippen LogP contribution in [-0.4, -0.2) is 37.1 Å². The van der Waals surface area contributed by atoms with Gasteiger partial charge in [0, 0.05) is 12.6 Å². The van der Waals surface area contributed by atoms with E-state index < -0.39 is 29.4 Å². The van der Waals surface area contributed by atoms with Crippen molar-refractivity contribution in [1.29, 1.82) is 0 Å². The number of furan rings is 1. The molecule has 0 fully saturated rings. The number of aliphatic hydroxyl groups excluding tert-OH is 1. The molecule has 9 heteroatoms. The minimum Gasteiger partial charge on any atom is -0.462 e. The maximum atomic E-state index is 12.5. The molecule has 116 valence electrons. The number of hydrogen-bond donors (Lipinski definition) is 1. The molecule has 0 spiro atoms. The number of alkyl halides is 3. The van der Waals surface area contributed by atoms with Gasteiger partial charge in [-0.1, -0.05) is 6.92 Å². The van der Waals surface area contributed by atoms with E-state index in [1.54, 1.807) is 6.92 Å². The van der Waals surface area contributed by atoms with Gasteiger partial charge < -0.3 is 9.52 Å². The zero-order chi connectivity index (χ0) is 15.6. The molecule has 1 heterocycles.